The third-order valence-corrected chi connectivity index (χ3v) is 6.68. The van der Waals surface area contributed by atoms with Crippen LogP contribution < -0.4 is 10.5 Å². The van der Waals surface area contributed by atoms with Crippen LogP contribution in [0.3, 0.4) is 0 Å². The third kappa shape index (κ3) is 5.21. The summed E-state index contributed by atoms with van der Waals surface area (Å²) in [5.41, 5.74) is 9.21. The Hall–Kier alpha value is -2.71. The zero-order chi connectivity index (χ0) is 21.9. The molecule has 0 aromatic heterocycles. The van der Waals surface area contributed by atoms with Crippen molar-refractivity contribution in [2.24, 2.45) is 5.73 Å². The number of benzene rings is 2. The predicted octanol–water partition coefficient (Wildman–Crippen LogP) is 2.43. The zero-order valence-corrected chi connectivity index (χ0v) is 18.0. The number of sulfonamides is 1. The van der Waals surface area contributed by atoms with E-state index < -0.39 is 27.9 Å². The van der Waals surface area contributed by atoms with E-state index in [1.165, 1.54) is 19.1 Å². The third-order valence-electron chi connectivity index (χ3n) is 4.87. The summed E-state index contributed by atoms with van der Waals surface area (Å²) in [7, 11) is -3.91. The van der Waals surface area contributed by atoms with Gasteiger partial charge in [-0.15, -0.1) is 0 Å². The zero-order valence-electron chi connectivity index (χ0n) is 17.2. The highest BCUT2D eigenvalue weighted by molar-refractivity contribution is 7.89. The van der Waals surface area contributed by atoms with Crippen molar-refractivity contribution in [3.8, 4) is 0 Å². The average molecular weight is 419 g/mol. The van der Waals surface area contributed by atoms with E-state index in [4.69, 9.17) is 10.5 Å². The van der Waals surface area contributed by atoms with E-state index in [9.17, 15) is 18.0 Å². The molecule has 1 amide bonds. The van der Waals surface area contributed by atoms with E-state index >= 15 is 0 Å². The largest absolute Gasteiger partial charge is 0.460 e. The molecule has 0 fully saturated rings. The standard InChI is InChI=1S/C21H26N2O5S/c1-12-10-13(2)15(4)19(14(12)3)29(26,27)23-16(5)21(25)28-11-17-6-8-18(9-7-17)20(22)24/h6-10,16,23H,11H2,1-5H3,(H2,22,24)/t16-/m0/s1. The SMILES string of the molecule is Cc1cc(C)c(C)c(S(=O)(=O)N[C@@H](C)C(=O)OCc2ccc(C(N)=O)cc2)c1C. The van der Waals surface area contributed by atoms with Gasteiger partial charge in [-0.3, -0.25) is 9.59 Å². The van der Waals surface area contributed by atoms with E-state index in [0.717, 1.165) is 11.1 Å². The van der Waals surface area contributed by atoms with Crippen LogP contribution in [0.15, 0.2) is 35.2 Å². The fourth-order valence-corrected chi connectivity index (χ4v) is 4.78. The van der Waals surface area contributed by atoms with Crippen LogP contribution in [-0.4, -0.2) is 26.3 Å². The molecule has 1 atom stereocenters. The number of hydrogen-bond donors (Lipinski definition) is 2. The lowest BCUT2D eigenvalue weighted by Crippen LogP contribution is -2.40. The molecule has 0 aliphatic rings. The van der Waals surface area contributed by atoms with Gasteiger partial charge in [0.2, 0.25) is 15.9 Å². The van der Waals surface area contributed by atoms with Crippen LogP contribution in [0.1, 0.15) is 45.1 Å². The van der Waals surface area contributed by atoms with Crippen LogP contribution in [0.2, 0.25) is 0 Å². The highest BCUT2D eigenvalue weighted by atomic mass is 32.2. The molecule has 7 nitrogen and oxygen atoms in total. The van der Waals surface area contributed by atoms with Crippen LogP contribution in [0, 0.1) is 27.7 Å². The van der Waals surface area contributed by atoms with Crippen molar-refractivity contribution in [3.05, 3.63) is 63.7 Å². The molecule has 0 saturated carbocycles. The van der Waals surface area contributed by atoms with Gasteiger partial charge in [0, 0.05) is 5.56 Å². The van der Waals surface area contributed by atoms with Crippen molar-refractivity contribution < 1.29 is 22.7 Å². The summed E-state index contributed by atoms with van der Waals surface area (Å²) < 4.78 is 33.4. The van der Waals surface area contributed by atoms with Gasteiger partial charge in [-0.2, -0.15) is 4.72 Å². The van der Waals surface area contributed by atoms with Crippen LogP contribution in [0.25, 0.3) is 0 Å². The molecule has 0 saturated heterocycles. The Kier molecular flexibility index (Phi) is 6.81. The number of nitrogens with one attached hydrogen (secondary N) is 1. The monoisotopic (exact) mass is 418 g/mol. The lowest BCUT2D eigenvalue weighted by atomic mass is 10.0. The van der Waals surface area contributed by atoms with Crippen molar-refractivity contribution in [3.63, 3.8) is 0 Å². The second kappa shape index (κ2) is 8.75. The van der Waals surface area contributed by atoms with E-state index in [2.05, 4.69) is 4.72 Å². The van der Waals surface area contributed by atoms with Gasteiger partial charge in [-0.25, -0.2) is 8.42 Å². The Bertz CT molecular complexity index is 1020. The molecule has 0 unspecified atom stereocenters. The van der Waals surface area contributed by atoms with Crippen LogP contribution in [0.5, 0.6) is 0 Å². The van der Waals surface area contributed by atoms with Crippen LogP contribution >= 0.6 is 0 Å². The number of carbonyl (C=O) groups is 2. The summed E-state index contributed by atoms with van der Waals surface area (Å²) in [5, 5.41) is 0. The number of esters is 1. The van der Waals surface area contributed by atoms with E-state index in [1.807, 2.05) is 19.9 Å². The molecule has 2 aromatic carbocycles. The Morgan fingerprint density at radius 1 is 1.03 bits per heavy atom. The first-order valence-electron chi connectivity index (χ1n) is 9.09. The summed E-state index contributed by atoms with van der Waals surface area (Å²) in [6, 6.07) is 7.16. The topological polar surface area (TPSA) is 116 Å². The molecular formula is C21H26N2O5S. The van der Waals surface area contributed by atoms with Crippen LogP contribution in [-0.2, 0) is 26.2 Å². The maximum Gasteiger partial charge on any atom is 0.324 e. The number of hydrogen-bond acceptors (Lipinski definition) is 5. The van der Waals surface area contributed by atoms with E-state index in [-0.39, 0.29) is 11.5 Å². The van der Waals surface area contributed by atoms with Gasteiger partial charge < -0.3 is 10.5 Å². The lowest BCUT2D eigenvalue weighted by molar-refractivity contribution is -0.146. The summed E-state index contributed by atoms with van der Waals surface area (Å²) in [4.78, 5) is 23.6. The molecule has 0 bridgehead atoms. The molecule has 0 aliphatic heterocycles. The van der Waals surface area contributed by atoms with E-state index in [0.29, 0.717) is 22.3 Å². The van der Waals surface area contributed by atoms with E-state index in [1.54, 1.807) is 26.0 Å². The van der Waals surface area contributed by atoms with Gasteiger partial charge >= 0.3 is 5.97 Å². The summed E-state index contributed by atoms with van der Waals surface area (Å²) >= 11 is 0. The van der Waals surface area contributed by atoms with Crippen LogP contribution in [0.4, 0.5) is 0 Å². The molecule has 0 heterocycles. The predicted molar refractivity (Wildman–Crippen MR) is 110 cm³/mol. The number of nitrogens with two attached hydrogens (primary N) is 1. The number of primary amides is 1. The van der Waals surface area contributed by atoms with Gasteiger partial charge in [-0.05, 0) is 74.6 Å². The second-order valence-electron chi connectivity index (χ2n) is 7.10. The van der Waals surface area contributed by atoms with Gasteiger partial charge in [-0.1, -0.05) is 18.2 Å². The number of ether oxygens (including phenoxy) is 1. The van der Waals surface area contributed by atoms with Crippen molar-refractivity contribution in [2.75, 3.05) is 0 Å². The van der Waals surface area contributed by atoms with Crippen molar-refractivity contribution in [1.29, 1.82) is 0 Å². The number of carbonyl (C=O) groups excluding carboxylic acids is 2. The second-order valence-corrected chi connectivity index (χ2v) is 8.75. The summed E-state index contributed by atoms with van der Waals surface area (Å²) in [6.45, 7) is 8.57. The first kappa shape index (κ1) is 22.6. The van der Waals surface area contributed by atoms with Gasteiger partial charge in [0.1, 0.15) is 12.6 Å². The Labute approximate surface area is 171 Å². The number of aryl methyl sites for hydroxylation is 2. The normalized spacial score (nSPS) is 12.4. The van der Waals surface area contributed by atoms with Crippen molar-refractivity contribution in [2.45, 2.75) is 52.2 Å². The molecule has 0 aliphatic carbocycles. The number of amides is 1. The molecule has 2 rings (SSSR count). The number of rotatable bonds is 7. The van der Waals surface area contributed by atoms with Gasteiger partial charge in [0.05, 0.1) is 4.90 Å². The quantitative estimate of drug-likeness (QED) is 0.670. The minimum absolute atomic E-state index is 0.0500. The summed E-state index contributed by atoms with van der Waals surface area (Å²) in [6.07, 6.45) is 0. The fraction of sp³-hybridized carbons (Fsp3) is 0.333. The lowest BCUT2D eigenvalue weighted by Gasteiger charge is -2.18. The molecular weight excluding hydrogens is 392 g/mol. The molecule has 3 N–H and O–H groups in total. The Balaban J connectivity index is 2.10. The fourth-order valence-electron chi connectivity index (χ4n) is 2.97. The molecule has 29 heavy (non-hydrogen) atoms. The molecule has 0 spiro atoms. The minimum atomic E-state index is -3.91. The van der Waals surface area contributed by atoms with Gasteiger partial charge in [0.25, 0.3) is 0 Å². The molecule has 0 radical (unpaired) electrons. The maximum atomic E-state index is 12.9. The molecule has 2 aromatic rings. The highest BCUT2D eigenvalue weighted by Gasteiger charge is 2.27. The Morgan fingerprint density at radius 2 is 1.55 bits per heavy atom. The Morgan fingerprint density at radius 3 is 2.03 bits per heavy atom. The smallest absolute Gasteiger partial charge is 0.324 e. The average Bonchev–Trinajstić information content (AvgIpc) is 2.64. The maximum absolute atomic E-state index is 12.9. The van der Waals surface area contributed by atoms with Crippen molar-refractivity contribution >= 4 is 21.9 Å². The first-order chi connectivity index (χ1) is 13.4. The first-order valence-corrected chi connectivity index (χ1v) is 10.6. The molecule has 8 heteroatoms. The van der Waals surface area contributed by atoms with Gasteiger partial charge in [0.15, 0.2) is 0 Å². The van der Waals surface area contributed by atoms with Crippen molar-refractivity contribution in [1.82, 2.24) is 4.72 Å². The highest BCUT2D eigenvalue weighted by Crippen LogP contribution is 2.26. The molecule has 156 valence electrons. The summed E-state index contributed by atoms with van der Waals surface area (Å²) in [5.74, 6) is -1.25. The minimum Gasteiger partial charge on any atom is -0.460 e.